The first-order valence-corrected chi connectivity index (χ1v) is 8.91. The van der Waals surface area contributed by atoms with Crippen molar-refractivity contribution in [1.82, 2.24) is 9.80 Å². The van der Waals surface area contributed by atoms with Gasteiger partial charge >= 0.3 is 0 Å². The minimum absolute atomic E-state index is 0.353. The van der Waals surface area contributed by atoms with Crippen molar-refractivity contribution in [3.63, 3.8) is 0 Å². The van der Waals surface area contributed by atoms with Crippen molar-refractivity contribution in [3.8, 4) is 0 Å². The highest BCUT2D eigenvalue weighted by atomic mass is 32.2. The molecule has 0 bridgehead atoms. The van der Waals surface area contributed by atoms with Crippen LogP contribution in [0.25, 0.3) is 0 Å². The quantitative estimate of drug-likeness (QED) is 0.785. The Bertz CT molecular complexity index is 574. The molecule has 1 fully saturated rings. The predicted molar refractivity (Wildman–Crippen MR) is 84.9 cm³/mol. The lowest BCUT2D eigenvalue weighted by Crippen LogP contribution is -2.47. The molecule has 0 atom stereocenters. The Kier molecular flexibility index (Phi) is 4.78. The summed E-state index contributed by atoms with van der Waals surface area (Å²) in [6.45, 7) is 4.01. The zero-order valence-corrected chi connectivity index (χ0v) is 13.5. The van der Waals surface area contributed by atoms with E-state index in [9.17, 15) is 8.42 Å². The molecule has 1 heterocycles. The van der Waals surface area contributed by atoms with Crippen LogP contribution >= 0.6 is 12.2 Å². The van der Waals surface area contributed by atoms with Crippen molar-refractivity contribution in [2.75, 3.05) is 39.5 Å². The molecule has 0 saturated carbocycles. The van der Waals surface area contributed by atoms with E-state index in [0.29, 0.717) is 11.3 Å². The van der Waals surface area contributed by atoms with Gasteiger partial charge in [0, 0.05) is 38.9 Å². The fourth-order valence-corrected chi connectivity index (χ4v) is 3.18. The Hall–Kier alpha value is -0.980. The molecule has 110 valence electrons. The number of hydrogen-bond acceptors (Lipinski definition) is 4. The van der Waals surface area contributed by atoms with Crippen LogP contribution in [0.3, 0.4) is 0 Å². The maximum absolute atomic E-state index is 11.4. The van der Waals surface area contributed by atoms with Gasteiger partial charge in [-0.15, -0.1) is 0 Å². The number of sulfone groups is 1. The fraction of sp³-hybridized carbons (Fsp3) is 0.500. The van der Waals surface area contributed by atoms with Gasteiger partial charge in [-0.25, -0.2) is 8.42 Å². The molecule has 2 rings (SSSR count). The first-order valence-electron chi connectivity index (χ1n) is 6.61. The molecule has 1 aromatic rings. The van der Waals surface area contributed by atoms with Crippen LogP contribution in [0.1, 0.15) is 5.56 Å². The van der Waals surface area contributed by atoms with Gasteiger partial charge in [-0.05, 0) is 24.7 Å². The highest BCUT2D eigenvalue weighted by Crippen LogP contribution is 2.12. The molecule has 4 nitrogen and oxygen atoms in total. The summed E-state index contributed by atoms with van der Waals surface area (Å²) in [5, 5.41) is 0. The zero-order chi connectivity index (χ0) is 14.8. The van der Waals surface area contributed by atoms with Gasteiger partial charge in [0.25, 0.3) is 0 Å². The normalized spacial score (nSPS) is 17.2. The largest absolute Gasteiger partial charge is 0.363 e. The molecule has 1 aliphatic rings. The number of piperazine rings is 1. The summed E-state index contributed by atoms with van der Waals surface area (Å²) >= 11 is 5.49. The molecule has 0 N–H and O–H groups in total. The number of likely N-dealkylation sites (N-methyl/N-ethyl adjacent to an activating group) is 1. The summed E-state index contributed by atoms with van der Waals surface area (Å²) < 4.78 is 22.8. The number of hydrogen-bond donors (Lipinski definition) is 0. The minimum Gasteiger partial charge on any atom is -0.363 e. The van der Waals surface area contributed by atoms with Gasteiger partial charge in [-0.2, -0.15) is 0 Å². The van der Waals surface area contributed by atoms with Crippen LogP contribution < -0.4 is 0 Å². The van der Waals surface area contributed by atoms with E-state index in [0.717, 1.165) is 36.7 Å². The highest BCUT2D eigenvalue weighted by Gasteiger charge is 2.16. The van der Waals surface area contributed by atoms with E-state index in [1.165, 1.54) is 6.26 Å². The molecule has 1 aliphatic heterocycles. The second kappa shape index (κ2) is 6.20. The van der Waals surface area contributed by atoms with Crippen LogP contribution in [0.2, 0.25) is 0 Å². The zero-order valence-electron chi connectivity index (χ0n) is 11.9. The number of thiocarbonyl (C=S) groups is 1. The van der Waals surface area contributed by atoms with E-state index in [1.807, 2.05) is 12.1 Å². The number of nitrogens with zero attached hydrogens (tertiary/aromatic N) is 2. The van der Waals surface area contributed by atoms with Crippen LogP contribution in [0, 0.1) is 0 Å². The van der Waals surface area contributed by atoms with E-state index in [4.69, 9.17) is 12.2 Å². The molecule has 0 radical (unpaired) electrons. The molecule has 0 aliphatic carbocycles. The van der Waals surface area contributed by atoms with E-state index >= 15 is 0 Å². The van der Waals surface area contributed by atoms with Crippen LogP contribution in [0.5, 0.6) is 0 Å². The van der Waals surface area contributed by atoms with Crippen LogP contribution in [0.15, 0.2) is 29.2 Å². The summed E-state index contributed by atoms with van der Waals surface area (Å²) in [5.74, 6) is 0. The molecule has 0 aromatic heterocycles. The van der Waals surface area contributed by atoms with Crippen LogP contribution in [-0.4, -0.2) is 62.7 Å². The predicted octanol–water partition coefficient (Wildman–Crippen LogP) is 1.21. The van der Waals surface area contributed by atoms with Crippen molar-refractivity contribution < 1.29 is 8.42 Å². The van der Waals surface area contributed by atoms with Crippen molar-refractivity contribution >= 4 is 27.0 Å². The van der Waals surface area contributed by atoms with Crippen molar-refractivity contribution in [3.05, 3.63) is 29.8 Å². The lowest BCUT2D eigenvalue weighted by atomic mass is 10.1. The summed E-state index contributed by atoms with van der Waals surface area (Å²) in [4.78, 5) is 5.82. The smallest absolute Gasteiger partial charge is 0.175 e. The summed E-state index contributed by atoms with van der Waals surface area (Å²) in [6.07, 6.45) is 1.92. The number of benzene rings is 1. The van der Waals surface area contributed by atoms with Crippen LogP contribution in [-0.2, 0) is 16.3 Å². The SMILES string of the molecule is CN1CCN(C(=S)Cc2ccc(S(C)(=O)=O)cc2)CC1. The Morgan fingerprint density at radius 2 is 1.70 bits per heavy atom. The molecular formula is C14H20N2O2S2. The van der Waals surface area contributed by atoms with E-state index in [2.05, 4.69) is 16.8 Å². The second-order valence-electron chi connectivity index (χ2n) is 5.28. The monoisotopic (exact) mass is 312 g/mol. The van der Waals surface area contributed by atoms with Gasteiger partial charge in [-0.3, -0.25) is 0 Å². The van der Waals surface area contributed by atoms with Gasteiger partial charge in [0.05, 0.1) is 9.88 Å². The van der Waals surface area contributed by atoms with Crippen LogP contribution in [0.4, 0.5) is 0 Å². The summed E-state index contributed by atoms with van der Waals surface area (Å²) in [6, 6.07) is 6.99. The first-order chi connectivity index (χ1) is 9.36. The molecule has 0 unspecified atom stereocenters. The van der Waals surface area contributed by atoms with E-state index in [-0.39, 0.29) is 0 Å². The standard InChI is InChI=1S/C14H20N2O2S2/c1-15-7-9-16(10-8-15)14(19)11-12-3-5-13(6-4-12)20(2,17)18/h3-6H,7-11H2,1-2H3. The van der Waals surface area contributed by atoms with Gasteiger partial charge < -0.3 is 9.80 Å². The average molecular weight is 312 g/mol. The number of rotatable bonds is 3. The van der Waals surface area contributed by atoms with Gasteiger partial charge in [0.2, 0.25) is 0 Å². The highest BCUT2D eigenvalue weighted by molar-refractivity contribution is 7.90. The second-order valence-corrected chi connectivity index (χ2v) is 7.76. The first kappa shape index (κ1) is 15.4. The Labute approximate surface area is 126 Å². The van der Waals surface area contributed by atoms with Crippen molar-refractivity contribution in [1.29, 1.82) is 0 Å². The van der Waals surface area contributed by atoms with Crippen molar-refractivity contribution in [2.45, 2.75) is 11.3 Å². The third-order valence-corrected chi connectivity index (χ3v) is 5.09. The van der Waals surface area contributed by atoms with E-state index in [1.54, 1.807) is 12.1 Å². The van der Waals surface area contributed by atoms with E-state index < -0.39 is 9.84 Å². The fourth-order valence-electron chi connectivity index (χ4n) is 2.20. The molecule has 0 amide bonds. The third-order valence-electron chi connectivity index (χ3n) is 3.56. The summed E-state index contributed by atoms with van der Waals surface area (Å²) in [7, 11) is -1.01. The lowest BCUT2D eigenvalue weighted by Gasteiger charge is -2.34. The Morgan fingerprint density at radius 3 is 2.20 bits per heavy atom. The molecule has 1 saturated heterocycles. The topological polar surface area (TPSA) is 40.6 Å². The molecule has 20 heavy (non-hydrogen) atoms. The van der Waals surface area contributed by atoms with Gasteiger partial charge in [-0.1, -0.05) is 24.4 Å². The average Bonchev–Trinajstić information content (AvgIpc) is 2.39. The minimum atomic E-state index is -3.12. The third kappa shape index (κ3) is 4.01. The molecule has 1 aromatic carbocycles. The Balaban J connectivity index is 1.98. The molecule has 0 spiro atoms. The van der Waals surface area contributed by atoms with Crippen molar-refractivity contribution in [2.24, 2.45) is 0 Å². The van der Waals surface area contributed by atoms with Gasteiger partial charge in [0.15, 0.2) is 9.84 Å². The Morgan fingerprint density at radius 1 is 1.15 bits per heavy atom. The van der Waals surface area contributed by atoms with Gasteiger partial charge in [0.1, 0.15) is 0 Å². The maximum Gasteiger partial charge on any atom is 0.175 e. The maximum atomic E-state index is 11.4. The lowest BCUT2D eigenvalue weighted by molar-refractivity contribution is 0.216. The molecule has 6 heteroatoms. The summed E-state index contributed by atoms with van der Waals surface area (Å²) in [5.41, 5.74) is 1.06. The molecular weight excluding hydrogens is 292 g/mol.